The van der Waals surface area contributed by atoms with Crippen molar-refractivity contribution in [2.75, 3.05) is 27.7 Å². The molecule has 1 rings (SSSR count). The van der Waals surface area contributed by atoms with E-state index in [0.717, 1.165) is 11.3 Å². The molecule has 0 aliphatic carbocycles. The zero-order chi connectivity index (χ0) is 16.0. The molecule has 0 aliphatic rings. The SMILES string of the molecule is COc1cccc(C(CNC(=O)C(C)C(C)N)N(C)C)c1. The van der Waals surface area contributed by atoms with Crippen molar-refractivity contribution < 1.29 is 9.53 Å². The van der Waals surface area contributed by atoms with Crippen LogP contribution in [0.1, 0.15) is 25.5 Å². The van der Waals surface area contributed by atoms with Crippen molar-refractivity contribution in [1.29, 1.82) is 0 Å². The Balaban J connectivity index is 2.76. The molecule has 1 amide bonds. The number of benzene rings is 1. The van der Waals surface area contributed by atoms with E-state index in [4.69, 9.17) is 10.5 Å². The first-order valence-corrected chi connectivity index (χ1v) is 7.20. The molecule has 1 aromatic rings. The van der Waals surface area contributed by atoms with Crippen LogP contribution in [0.5, 0.6) is 5.75 Å². The number of carbonyl (C=O) groups is 1. The standard InChI is InChI=1S/C16H27N3O2/c1-11(12(2)17)16(20)18-10-15(19(3)4)13-7-6-8-14(9-13)21-5/h6-9,11-12,15H,10,17H2,1-5H3,(H,18,20). The van der Waals surface area contributed by atoms with E-state index >= 15 is 0 Å². The number of carbonyl (C=O) groups excluding carboxylic acids is 1. The molecule has 0 aromatic heterocycles. The van der Waals surface area contributed by atoms with Crippen LogP contribution in [0.15, 0.2) is 24.3 Å². The first kappa shape index (κ1) is 17.5. The van der Waals surface area contributed by atoms with Gasteiger partial charge in [-0.25, -0.2) is 0 Å². The molecular weight excluding hydrogens is 266 g/mol. The summed E-state index contributed by atoms with van der Waals surface area (Å²) in [6, 6.07) is 7.83. The fraction of sp³-hybridized carbons (Fsp3) is 0.562. The molecular formula is C16H27N3O2. The zero-order valence-electron chi connectivity index (χ0n) is 13.6. The van der Waals surface area contributed by atoms with Crippen LogP contribution in [0.3, 0.4) is 0 Å². The van der Waals surface area contributed by atoms with Gasteiger partial charge in [-0.15, -0.1) is 0 Å². The predicted octanol–water partition coefficient (Wildman–Crippen LogP) is 1.40. The minimum absolute atomic E-state index is 0.0141. The molecule has 3 atom stereocenters. The first-order chi connectivity index (χ1) is 9.86. The van der Waals surface area contributed by atoms with Crippen LogP contribution >= 0.6 is 0 Å². The molecule has 3 unspecified atom stereocenters. The fourth-order valence-electron chi connectivity index (χ4n) is 2.04. The van der Waals surface area contributed by atoms with Gasteiger partial charge in [-0.05, 0) is 38.7 Å². The van der Waals surface area contributed by atoms with Crippen LogP contribution in [0.2, 0.25) is 0 Å². The van der Waals surface area contributed by atoms with Crippen LogP contribution < -0.4 is 15.8 Å². The highest BCUT2D eigenvalue weighted by atomic mass is 16.5. The molecule has 118 valence electrons. The molecule has 0 aliphatic heterocycles. The highest BCUT2D eigenvalue weighted by Gasteiger charge is 2.20. The molecule has 0 fully saturated rings. The van der Waals surface area contributed by atoms with Gasteiger partial charge in [0.05, 0.1) is 13.2 Å². The number of rotatable bonds is 7. The van der Waals surface area contributed by atoms with E-state index in [-0.39, 0.29) is 23.9 Å². The summed E-state index contributed by atoms with van der Waals surface area (Å²) in [6.07, 6.45) is 0. The van der Waals surface area contributed by atoms with Crippen molar-refractivity contribution in [3.63, 3.8) is 0 Å². The van der Waals surface area contributed by atoms with Gasteiger partial charge in [0.2, 0.25) is 5.91 Å². The molecule has 21 heavy (non-hydrogen) atoms. The third-order valence-corrected chi connectivity index (χ3v) is 3.77. The number of methoxy groups -OCH3 is 1. The van der Waals surface area contributed by atoms with Crippen LogP contribution in [0, 0.1) is 5.92 Å². The van der Waals surface area contributed by atoms with Crippen LogP contribution in [0.4, 0.5) is 0 Å². The minimum Gasteiger partial charge on any atom is -0.497 e. The monoisotopic (exact) mass is 293 g/mol. The maximum absolute atomic E-state index is 12.0. The Morgan fingerprint density at radius 2 is 2.05 bits per heavy atom. The predicted molar refractivity (Wildman–Crippen MR) is 85.2 cm³/mol. The second-order valence-corrected chi connectivity index (χ2v) is 5.65. The fourth-order valence-corrected chi connectivity index (χ4v) is 2.04. The third-order valence-electron chi connectivity index (χ3n) is 3.77. The molecule has 5 nitrogen and oxygen atoms in total. The Morgan fingerprint density at radius 1 is 1.38 bits per heavy atom. The summed E-state index contributed by atoms with van der Waals surface area (Å²) in [5.41, 5.74) is 6.87. The van der Waals surface area contributed by atoms with Gasteiger partial charge in [0.25, 0.3) is 0 Å². The van der Waals surface area contributed by atoms with Crippen molar-refractivity contribution in [2.45, 2.75) is 25.9 Å². The minimum atomic E-state index is -0.196. The summed E-state index contributed by atoms with van der Waals surface area (Å²) in [4.78, 5) is 14.1. The van der Waals surface area contributed by atoms with E-state index in [1.807, 2.05) is 52.2 Å². The summed E-state index contributed by atoms with van der Waals surface area (Å²) in [6.45, 7) is 4.22. The van der Waals surface area contributed by atoms with Crippen LogP contribution in [0.25, 0.3) is 0 Å². The Morgan fingerprint density at radius 3 is 2.57 bits per heavy atom. The van der Waals surface area contributed by atoms with Crippen molar-refractivity contribution >= 4 is 5.91 Å². The maximum Gasteiger partial charge on any atom is 0.224 e. The molecule has 5 heteroatoms. The van der Waals surface area contributed by atoms with E-state index in [1.165, 1.54) is 0 Å². The van der Waals surface area contributed by atoms with Gasteiger partial charge >= 0.3 is 0 Å². The van der Waals surface area contributed by atoms with Gasteiger partial charge in [0.1, 0.15) is 5.75 Å². The maximum atomic E-state index is 12.0. The lowest BCUT2D eigenvalue weighted by Crippen LogP contribution is -2.41. The second-order valence-electron chi connectivity index (χ2n) is 5.65. The first-order valence-electron chi connectivity index (χ1n) is 7.20. The molecule has 0 saturated carbocycles. The summed E-state index contributed by atoms with van der Waals surface area (Å²) < 4.78 is 5.26. The zero-order valence-corrected chi connectivity index (χ0v) is 13.6. The van der Waals surface area contributed by atoms with Crippen LogP contribution in [-0.4, -0.2) is 44.6 Å². The molecule has 0 radical (unpaired) electrons. The molecule has 0 bridgehead atoms. The van der Waals surface area contributed by atoms with Gasteiger partial charge in [0.15, 0.2) is 0 Å². The molecule has 0 spiro atoms. The summed E-state index contributed by atoms with van der Waals surface area (Å²) in [5, 5.41) is 2.98. The second kappa shape index (κ2) is 8.00. The van der Waals surface area contributed by atoms with Gasteiger partial charge in [-0.2, -0.15) is 0 Å². The number of hydrogen-bond acceptors (Lipinski definition) is 4. The van der Waals surface area contributed by atoms with Gasteiger partial charge in [-0.3, -0.25) is 4.79 Å². The number of nitrogens with one attached hydrogen (secondary N) is 1. The van der Waals surface area contributed by atoms with E-state index < -0.39 is 0 Å². The lowest BCUT2D eigenvalue weighted by molar-refractivity contribution is -0.125. The van der Waals surface area contributed by atoms with Crippen molar-refractivity contribution in [2.24, 2.45) is 11.7 Å². The Bertz CT molecular complexity index is 461. The number of likely N-dealkylation sites (N-methyl/N-ethyl adjacent to an activating group) is 1. The number of ether oxygens (including phenoxy) is 1. The van der Waals surface area contributed by atoms with Gasteiger partial charge in [0, 0.05) is 18.5 Å². The highest BCUT2D eigenvalue weighted by molar-refractivity contribution is 5.78. The Hall–Kier alpha value is -1.59. The molecule has 1 aromatic carbocycles. The summed E-state index contributed by atoms with van der Waals surface area (Å²) in [5.74, 6) is 0.604. The van der Waals surface area contributed by atoms with Crippen molar-refractivity contribution in [3.8, 4) is 5.75 Å². The largest absolute Gasteiger partial charge is 0.497 e. The normalized spacial score (nSPS) is 15.4. The Kier molecular flexibility index (Phi) is 6.65. The highest BCUT2D eigenvalue weighted by Crippen LogP contribution is 2.22. The average Bonchev–Trinajstić information content (AvgIpc) is 2.46. The third kappa shape index (κ3) is 5.02. The van der Waals surface area contributed by atoms with E-state index in [9.17, 15) is 4.79 Å². The lowest BCUT2D eigenvalue weighted by Gasteiger charge is -2.26. The van der Waals surface area contributed by atoms with Crippen molar-refractivity contribution in [3.05, 3.63) is 29.8 Å². The smallest absolute Gasteiger partial charge is 0.224 e. The number of hydrogen-bond donors (Lipinski definition) is 2. The average molecular weight is 293 g/mol. The number of amides is 1. The van der Waals surface area contributed by atoms with Gasteiger partial charge < -0.3 is 20.7 Å². The summed E-state index contributed by atoms with van der Waals surface area (Å²) in [7, 11) is 5.63. The quantitative estimate of drug-likeness (QED) is 0.797. The van der Waals surface area contributed by atoms with E-state index in [1.54, 1.807) is 7.11 Å². The number of nitrogens with two attached hydrogens (primary N) is 1. The van der Waals surface area contributed by atoms with Crippen LogP contribution in [-0.2, 0) is 4.79 Å². The lowest BCUT2D eigenvalue weighted by atomic mass is 10.0. The summed E-state index contributed by atoms with van der Waals surface area (Å²) >= 11 is 0. The topological polar surface area (TPSA) is 67.6 Å². The number of nitrogens with zero attached hydrogens (tertiary/aromatic N) is 1. The van der Waals surface area contributed by atoms with E-state index in [0.29, 0.717) is 6.54 Å². The van der Waals surface area contributed by atoms with E-state index in [2.05, 4.69) is 10.2 Å². The molecule has 3 N–H and O–H groups in total. The molecule has 0 saturated heterocycles. The Labute approximate surface area is 127 Å². The molecule has 0 heterocycles. The van der Waals surface area contributed by atoms with Crippen molar-refractivity contribution in [1.82, 2.24) is 10.2 Å². The van der Waals surface area contributed by atoms with Gasteiger partial charge in [-0.1, -0.05) is 19.1 Å².